The first-order valence-electron chi connectivity index (χ1n) is 6.55. The number of benzene rings is 1. The average Bonchev–Trinajstić information content (AvgIpc) is 2.35. The van der Waals surface area contributed by atoms with Crippen molar-refractivity contribution in [3.63, 3.8) is 0 Å². The lowest BCUT2D eigenvalue weighted by Gasteiger charge is -2.29. The molecule has 0 saturated carbocycles. The van der Waals surface area contributed by atoms with Gasteiger partial charge in [0.05, 0.1) is 12.7 Å². The van der Waals surface area contributed by atoms with E-state index in [4.69, 9.17) is 4.74 Å². The summed E-state index contributed by atoms with van der Waals surface area (Å²) in [5.74, 6) is 0.433. The molecule has 0 spiro atoms. The first kappa shape index (κ1) is 15.3. The van der Waals surface area contributed by atoms with Gasteiger partial charge in [-0.3, -0.25) is 4.79 Å². The van der Waals surface area contributed by atoms with Gasteiger partial charge in [-0.05, 0) is 31.9 Å². The van der Waals surface area contributed by atoms with Crippen LogP contribution in [0.4, 0.5) is 0 Å². The van der Waals surface area contributed by atoms with Crippen molar-refractivity contribution in [2.24, 2.45) is 5.92 Å². The van der Waals surface area contributed by atoms with E-state index in [0.29, 0.717) is 18.2 Å². The van der Waals surface area contributed by atoms with Gasteiger partial charge in [0.2, 0.25) is 0 Å². The highest BCUT2D eigenvalue weighted by Gasteiger charge is 2.23. The SMILES string of the molecule is COc1cccc(C(=O)N(CC(C)C)C(C)C)c1O. The summed E-state index contributed by atoms with van der Waals surface area (Å²) < 4.78 is 5.04. The topological polar surface area (TPSA) is 49.8 Å². The molecule has 0 aliphatic heterocycles. The van der Waals surface area contributed by atoms with Crippen LogP contribution in [0.5, 0.6) is 11.5 Å². The van der Waals surface area contributed by atoms with Crippen molar-refractivity contribution >= 4 is 5.91 Å². The Labute approximate surface area is 115 Å². The molecule has 1 amide bonds. The Hall–Kier alpha value is -1.71. The van der Waals surface area contributed by atoms with Gasteiger partial charge < -0.3 is 14.7 Å². The van der Waals surface area contributed by atoms with Gasteiger partial charge in [0.25, 0.3) is 5.91 Å². The Morgan fingerprint density at radius 2 is 1.95 bits per heavy atom. The summed E-state index contributed by atoms with van der Waals surface area (Å²) in [6, 6.07) is 5.05. The lowest BCUT2D eigenvalue weighted by molar-refractivity contribution is 0.0678. The normalized spacial score (nSPS) is 10.9. The van der Waals surface area contributed by atoms with E-state index >= 15 is 0 Å². The molecule has 0 radical (unpaired) electrons. The van der Waals surface area contributed by atoms with Crippen LogP contribution < -0.4 is 4.74 Å². The number of amides is 1. The van der Waals surface area contributed by atoms with Crippen LogP contribution in [-0.2, 0) is 0 Å². The molecule has 0 atom stereocenters. The number of ether oxygens (including phenoxy) is 1. The smallest absolute Gasteiger partial charge is 0.257 e. The van der Waals surface area contributed by atoms with Crippen molar-refractivity contribution in [2.45, 2.75) is 33.7 Å². The van der Waals surface area contributed by atoms with Gasteiger partial charge in [0, 0.05) is 12.6 Å². The second-order valence-corrected chi connectivity index (χ2v) is 5.30. The third kappa shape index (κ3) is 3.63. The monoisotopic (exact) mass is 265 g/mol. The zero-order valence-electron chi connectivity index (χ0n) is 12.3. The molecular weight excluding hydrogens is 242 g/mol. The minimum absolute atomic E-state index is 0.0838. The van der Waals surface area contributed by atoms with Crippen LogP contribution in [0.3, 0.4) is 0 Å². The Bertz CT molecular complexity index is 441. The molecule has 0 unspecified atom stereocenters. The predicted octanol–water partition coefficient (Wildman–Crippen LogP) is 2.91. The lowest BCUT2D eigenvalue weighted by atomic mass is 10.1. The van der Waals surface area contributed by atoms with E-state index < -0.39 is 0 Å². The standard InChI is InChI=1S/C15H23NO3/c1-10(2)9-16(11(3)4)15(18)12-7-6-8-13(19-5)14(12)17/h6-8,10-11,17H,9H2,1-5H3. The molecular formula is C15H23NO3. The van der Waals surface area contributed by atoms with Crippen molar-refractivity contribution in [1.29, 1.82) is 0 Å². The average molecular weight is 265 g/mol. The number of phenolic OH excluding ortho intramolecular Hbond substituents is 1. The fourth-order valence-corrected chi connectivity index (χ4v) is 1.94. The van der Waals surface area contributed by atoms with E-state index in [2.05, 4.69) is 13.8 Å². The summed E-state index contributed by atoms with van der Waals surface area (Å²) >= 11 is 0. The molecule has 0 heterocycles. The number of phenols is 1. The van der Waals surface area contributed by atoms with Crippen molar-refractivity contribution in [3.8, 4) is 11.5 Å². The maximum absolute atomic E-state index is 12.5. The van der Waals surface area contributed by atoms with Crippen LogP contribution in [0.1, 0.15) is 38.1 Å². The van der Waals surface area contributed by atoms with Gasteiger partial charge in [0.15, 0.2) is 11.5 Å². The number of rotatable bonds is 5. The molecule has 106 valence electrons. The fraction of sp³-hybridized carbons (Fsp3) is 0.533. The van der Waals surface area contributed by atoms with Crippen LogP contribution >= 0.6 is 0 Å². The van der Waals surface area contributed by atoms with Gasteiger partial charge in [-0.25, -0.2) is 0 Å². The minimum Gasteiger partial charge on any atom is -0.504 e. The molecule has 19 heavy (non-hydrogen) atoms. The van der Waals surface area contributed by atoms with Gasteiger partial charge in [-0.15, -0.1) is 0 Å². The highest BCUT2D eigenvalue weighted by Crippen LogP contribution is 2.30. The number of methoxy groups -OCH3 is 1. The molecule has 1 rings (SSSR count). The van der Waals surface area contributed by atoms with Gasteiger partial charge >= 0.3 is 0 Å². The predicted molar refractivity (Wildman–Crippen MR) is 75.7 cm³/mol. The molecule has 0 aromatic heterocycles. The number of para-hydroxylation sites is 1. The first-order chi connectivity index (χ1) is 8.88. The van der Waals surface area contributed by atoms with Crippen LogP contribution in [0.15, 0.2) is 18.2 Å². The maximum atomic E-state index is 12.5. The second-order valence-electron chi connectivity index (χ2n) is 5.30. The fourth-order valence-electron chi connectivity index (χ4n) is 1.94. The molecule has 4 heteroatoms. The molecule has 4 nitrogen and oxygen atoms in total. The van der Waals surface area contributed by atoms with E-state index in [0.717, 1.165) is 0 Å². The maximum Gasteiger partial charge on any atom is 0.257 e. The summed E-state index contributed by atoms with van der Waals surface area (Å²) in [7, 11) is 1.47. The molecule has 0 aliphatic carbocycles. The number of hydrogen-bond acceptors (Lipinski definition) is 3. The van der Waals surface area contributed by atoms with Gasteiger partial charge in [-0.1, -0.05) is 19.9 Å². The van der Waals surface area contributed by atoms with Crippen molar-refractivity contribution in [1.82, 2.24) is 4.90 Å². The minimum atomic E-state index is -0.167. The lowest BCUT2D eigenvalue weighted by Crippen LogP contribution is -2.39. The third-order valence-electron chi connectivity index (χ3n) is 2.90. The second kappa shape index (κ2) is 6.45. The number of carbonyl (C=O) groups is 1. The Kier molecular flexibility index (Phi) is 5.21. The Morgan fingerprint density at radius 3 is 2.42 bits per heavy atom. The third-order valence-corrected chi connectivity index (χ3v) is 2.90. The van der Waals surface area contributed by atoms with E-state index in [1.807, 2.05) is 13.8 Å². The summed E-state index contributed by atoms with van der Waals surface area (Å²) in [5, 5.41) is 10.1. The van der Waals surface area contributed by atoms with E-state index in [1.165, 1.54) is 7.11 Å². The first-order valence-corrected chi connectivity index (χ1v) is 6.55. The van der Waals surface area contributed by atoms with Crippen molar-refractivity contribution in [2.75, 3.05) is 13.7 Å². The summed E-state index contributed by atoms with van der Waals surface area (Å²) in [6.45, 7) is 8.73. The van der Waals surface area contributed by atoms with E-state index in [1.54, 1.807) is 23.1 Å². The van der Waals surface area contributed by atoms with Gasteiger partial charge in [0.1, 0.15) is 0 Å². The number of nitrogens with zero attached hydrogens (tertiary/aromatic N) is 1. The molecule has 0 saturated heterocycles. The highest BCUT2D eigenvalue weighted by molar-refractivity contribution is 5.97. The van der Waals surface area contributed by atoms with Crippen LogP contribution in [0, 0.1) is 5.92 Å². The zero-order chi connectivity index (χ0) is 14.6. The Morgan fingerprint density at radius 1 is 1.32 bits per heavy atom. The molecule has 0 fully saturated rings. The Balaban J connectivity index is 3.09. The largest absolute Gasteiger partial charge is 0.504 e. The van der Waals surface area contributed by atoms with E-state index in [-0.39, 0.29) is 23.3 Å². The number of hydrogen-bond donors (Lipinski definition) is 1. The quantitative estimate of drug-likeness (QED) is 0.890. The van der Waals surface area contributed by atoms with Crippen LogP contribution in [-0.4, -0.2) is 35.6 Å². The molecule has 0 aliphatic rings. The number of aromatic hydroxyl groups is 1. The number of carbonyl (C=O) groups excluding carboxylic acids is 1. The zero-order valence-corrected chi connectivity index (χ0v) is 12.3. The summed E-state index contributed by atoms with van der Waals surface area (Å²) in [5.41, 5.74) is 0.286. The highest BCUT2D eigenvalue weighted by atomic mass is 16.5. The van der Waals surface area contributed by atoms with Crippen molar-refractivity contribution in [3.05, 3.63) is 23.8 Å². The van der Waals surface area contributed by atoms with Crippen LogP contribution in [0.25, 0.3) is 0 Å². The molecule has 1 N–H and O–H groups in total. The molecule has 1 aromatic rings. The van der Waals surface area contributed by atoms with E-state index in [9.17, 15) is 9.90 Å². The summed E-state index contributed by atoms with van der Waals surface area (Å²) in [4.78, 5) is 14.3. The summed E-state index contributed by atoms with van der Waals surface area (Å²) in [6.07, 6.45) is 0. The molecule has 0 bridgehead atoms. The van der Waals surface area contributed by atoms with Gasteiger partial charge in [-0.2, -0.15) is 0 Å². The molecule has 1 aromatic carbocycles. The van der Waals surface area contributed by atoms with Crippen molar-refractivity contribution < 1.29 is 14.6 Å². The van der Waals surface area contributed by atoms with Crippen LogP contribution in [0.2, 0.25) is 0 Å².